The summed E-state index contributed by atoms with van der Waals surface area (Å²) in [7, 11) is 0. The number of halogens is 3. The van der Waals surface area contributed by atoms with Crippen LogP contribution in [0.3, 0.4) is 0 Å². The molecule has 1 amide bonds. The number of nitrogens with one attached hydrogen (secondary N) is 1. The van der Waals surface area contributed by atoms with Crippen LogP contribution in [0.4, 0.5) is 18.0 Å². The minimum atomic E-state index is -4.51. The van der Waals surface area contributed by atoms with Gasteiger partial charge in [-0.05, 0) is 51.3 Å². The molecule has 1 N–H and O–H groups in total. The molecule has 3 rings (SSSR count). The lowest BCUT2D eigenvalue weighted by Crippen LogP contribution is -2.32. The molecular formula is C20H24F3N3O3. The van der Waals surface area contributed by atoms with E-state index in [9.17, 15) is 18.0 Å². The van der Waals surface area contributed by atoms with Crippen molar-refractivity contribution >= 4 is 6.09 Å². The lowest BCUT2D eigenvalue weighted by Gasteiger charge is -2.20. The third kappa shape index (κ3) is 5.42. The number of benzene rings is 1. The van der Waals surface area contributed by atoms with E-state index in [4.69, 9.17) is 9.47 Å². The summed E-state index contributed by atoms with van der Waals surface area (Å²) in [6, 6.07) is 5.11. The number of aromatic nitrogens is 2. The van der Waals surface area contributed by atoms with Gasteiger partial charge in [-0.25, -0.2) is 9.78 Å². The number of amides is 1. The Hall–Kier alpha value is -2.71. The van der Waals surface area contributed by atoms with Crippen LogP contribution in [0.25, 0.3) is 11.4 Å². The molecule has 2 heterocycles. The zero-order chi connectivity index (χ0) is 21.2. The van der Waals surface area contributed by atoms with E-state index in [1.54, 1.807) is 39.0 Å². The van der Waals surface area contributed by atoms with Gasteiger partial charge in [0.2, 0.25) is 0 Å². The lowest BCUT2D eigenvalue weighted by molar-refractivity contribution is -0.140. The fourth-order valence-corrected chi connectivity index (χ4v) is 2.97. The van der Waals surface area contributed by atoms with Gasteiger partial charge in [0.15, 0.2) is 5.69 Å². The maximum atomic E-state index is 13.1. The van der Waals surface area contributed by atoms with Crippen molar-refractivity contribution in [2.24, 2.45) is 0 Å². The number of rotatable bonds is 2. The number of ether oxygens (including phenoxy) is 2. The molecule has 1 aliphatic rings. The number of aryl methyl sites for hydroxylation is 1. The quantitative estimate of drug-likeness (QED) is 0.773. The molecule has 29 heavy (non-hydrogen) atoms. The van der Waals surface area contributed by atoms with Crippen molar-refractivity contribution in [1.29, 1.82) is 0 Å². The molecule has 2 aromatic rings. The Morgan fingerprint density at radius 2 is 2.03 bits per heavy atom. The van der Waals surface area contributed by atoms with Crippen molar-refractivity contribution in [3.8, 4) is 17.1 Å². The highest BCUT2D eigenvalue weighted by molar-refractivity contribution is 5.68. The summed E-state index contributed by atoms with van der Waals surface area (Å²) in [6.07, 6.45) is -2.63. The lowest BCUT2D eigenvalue weighted by atomic mass is 10.1. The topological polar surface area (TPSA) is 65.4 Å². The molecule has 0 atom stereocenters. The molecule has 0 unspecified atom stereocenters. The monoisotopic (exact) mass is 411 g/mol. The summed E-state index contributed by atoms with van der Waals surface area (Å²) in [6.45, 7) is 6.40. The highest BCUT2D eigenvalue weighted by atomic mass is 19.4. The molecule has 0 saturated heterocycles. The summed E-state index contributed by atoms with van der Waals surface area (Å²) in [5, 5.41) is 2.66. The number of carbonyl (C=O) groups is 1. The molecule has 0 fully saturated rings. The highest BCUT2D eigenvalue weighted by Gasteiger charge is 2.35. The van der Waals surface area contributed by atoms with Gasteiger partial charge in [0.25, 0.3) is 0 Å². The first-order valence-electron chi connectivity index (χ1n) is 9.40. The second-order valence-electron chi connectivity index (χ2n) is 7.88. The van der Waals surface area contributed by atoms with E-state index in [1.165, 1.54) is 4.57 Å². The zero-order valence-corrected chi connectivity index (χ0v) is 16.6. The van der Waals surface area contributed by atoms with Crippen molar-refractivity contribution < 1.29 is 27.4 Å². The molecular weight excluding hydrogens is 387 g/mol. The normalized spacial score (nSPS) is 14.6. The average Bonchev–Trinajstić information content (AvgIpc) is 3.04. The first-order chi connectivity index (χ1) is 13.5. The molecule has 1 aromatic heterocycles. The summed E-state index contributed by atoms with van der Waals surface area (Å²) in [4.78, 5) is 15.7. The fourth-order valence-electron chi connectivity index (χ4n) is 2.97. The molecule has 9 heteroatoms. The van der Waals surface area contributed by atoms with Crippen molar-refractivity contribution in [2.45, 2.75) is 58.5 Å². The van der Waals surface area contributed by atoms with Crippen LogP contribution in [-0.2, 0) is 24.0 Å². The minimum Gasteiger partial charge on any atom is -0.493 e. The van der Waals surface area contributed by atoms with Gasteiger partial charge in [0.05, 0.1) is 12.2 Å². The van der Waals surface area contributed by atoms with Gasteiger partial charge in [-0.15, -0.1) is 0 Å². The van der Waals surface area contributed by atoms with E-state index in [0.717, 1.165) is 11.8 Å². The molecule has 0 radical (unpaired) electrons. The summed E-state index contributed by atoms with van der Waals surface area (Å²) in [5.41, 5.74) is -0.300. The number of nitrogens with zero attached hydrogens (tertiary/aromatic N) is 2. The third-order valence-corrected chi connectivity index (χ3v) is 4.24. The second-order valence-corrected chi connectivity index (χ2v) is 7.88. The highest BCUT2D eigenvalue weighted by Crippen LogP contribution is 2.36. The van der Waals surface area contributed by atoms with Gasteiger partial charge in [-0.2, -0.15) is 13.2 Å². The molecule has 1 aliphatic heterocycles. The molecule has 1 aromatic carbocycles. The van der Waals surface area contributed by atoms with Gasteiger partial charge >= 0.3 is 12.3 Å². The number of imidazole rings is 1. The standard InChI is InChI=1S/C20H24F3N3O3/c1-19(2,3)29-18(27)24-11-13-6-7-14-15(10-13)28-9-5-4-8-26-12-16(20(21,22)23)25-17(14)26/h6-7,10,12H,4-5,8-9,11H2,1-3H3,(H,24,27). The predicted octanol–water partition coefficient (Wildman–Crippen LogP) is 4.77. The van der Waals surface area contributed by atoms with Crippen molar-refractivity contribution in [1.82, 2.24) is 14.9 Å². The molecule has 0 aliphatic carbocycles. The molecule has 0 saturated carbocycles. The third-order valence-electron chi connectivity index (χ3n) is 4.24. The molecule has 0 spiro atoms. The number of hydrogen-bond donors (Lipinski definition) is 1. The van der Waals surface area contributed by atoms with E-state index in [2.05, 4.69) is 10.3 Å². The molecule has 0 bridgehead atoms. The molecule has 158 valence electrons. The van der Waals surface area contributed by atoms with E-state index >= 15 is 0 Å². The smallest absolute Gasteiger partial charge is 0.434 e. The first kappa shape index (κ1) is 21.0. The Morgan fingerprint density at radius 3 is 2.72 bits per heavy atom. The maximum Gasteiger partial charge on any atom is 0.434 e. The van der Waals surface area contributed by atoms with Crippen LogP contribution in [0.5, 0.6) is 5.75 Å². The van der Waals surface area contributed by atoms with Crippen LogP contribution in [0.1, 0.15) is 44.9 Å². The van der Waals surface area contributed by atoms with Crippen LogP contribution in [0, 0.1) is 0 Å². The number of alkyl halides is 3. The maximum absolute atomic E-state index is 13.1. The van der Waals surface area contributed by atoms with Crippen LogP contribution in [0.15, 0.2) is 24.4 Å². The minimum absolute atomic E-state index is 0.202. The van der Waals surface area contributed by atoms with Gasteiger partial charge in [0.1, 0.15) is 17.2 Å². The number of hydrogen-bond acceptors (Lipinski definition) is 4. The van der Waals surface area contributed by atoms with Crippen molar-refractivity contribution in [3.63, 3.8) is 0 Å². The fraction of sp³-hybridized carbons (Fsp3) is 0.500. The summed E-state index contributed by atoms with van der Waals surface area (Å²) < 4.78 is 51.9. The van der Waals surface area contributed by atoms with Gasteiger partial charge in [-0.3, -0.25) is 0 Å². The van der Waals surface area contributed by atoms with Crippen molar-refractivity contribution in [2.75, 3.05) is 6.61 Å². The van der Waals surface area contributed by atoms with Crippen LogP contribution in [0.2, 0.25) is 0 Å². The van der Waals surface area contributed by atoms with Crippen LogP contribution < -0.4 is 10.1 Å². The van der Waals surface area contributed by atoms with Crippen LogP contribution >= 0.6 is 0 Å². The number of alkyl carbamates (subject to hydrolysis) is 1. The first-order valence-corrected chi connectivity index (χ1v) is 9.40. The number of fused-ring (bicyclic) bond motifs is 3. The van der Waals surface area contributed by atoms with E-state index in [0.29, 0.717) is 37.3 Å². The van der Waals surface area contributed by atoms with Crippen molar-refractivity contribution in [3.05, 3.63) is 35.7 Å². The second kappa shape index (κ2) is 7.96. The average molecular weight is 411 g/mol. The van der Waals surface area contributed by atoms with E-state index in [-0.39, 0.29) is 12.4 Å². The summed E-state index contributed by atoms with van der Waals surface area (Å²) in [5.74, 6) is 0.664. The largest absolute Gasteiger partial charge is 0.493 e. The van der Waals surface area contributed by atoms with Gasteiger partial charge < -0.3 is 19.4 Å². The molecule has 6 nitrogen and oxygen atoms in total. The van der Waals surface area contributed by atoms with E-state index in [1.807, 2.05) is 0 Å². The Labute approximate surface area is 167 Å². The Kier molecular flexibility index (Phi) is 5.77. The Bertz CT molecular complexity index is 885. The van der Waals surface area contributed by atoms with E-state index < -0.39 is 23.6 Å². The number of carbonyl (C=O) groups excluding carboxylic acids is 1. The summed E-state index contributed by atoms with van der Waals surface area (Å²) >= 11 is 0. The van der Waals surface area contributed by atoms with Gasteiger partial charge in [0, 0.05) is 19.3 Å². The SMILES string of the molecule is CC(C)(C)OC(=O)NCc1ccc2c(c1)OCCCCn1cc(C(F)(F)F)nc1-2. The zero-order valence-electron chi connectivity index (χ0n) is 16.6. The Balaban J connectivity index is 1.86. The Morgan fingerprint density at radius 1 is 1.28 bits per heavy atom. The van der Waals surface area contributed by atoms with Gasteiger partial charge in [-0.1, -0.05) is 6.07 Å². The predicted molar refractivity (Wildman–Crippen MR) is 100 cm³/mol. The van der Waals surface area contributed by atoms with Crippen LogP contribution in [-0.4, -0.2) is 27.9 Å².